The fourth-order valence-electron chi connectivity index (χ4n) is 4.42. The van der Waals surface area contributed by atoms with Gasteiger partial charge in [0.15, 0.2) is 0 Å². The van der Waals surface area contributed by atoms with Crippen molar-refractivity contribution in [2.75, 3.05) is 13.7 Å². The summed E-state index contributed by atoms with van der Waals surface area (Å²) in [6.45, 7) is 0.726. The number of hydrogen-bond donors (Lipinski definition) is 0. The molecule has 6 heteroatoms. The van der Waals surface area contributed by atoms with Gasteiger partial charge in [-0.3, -0.25) is 0 Å². The van der Waals surface area contributed by atoms with Crippen LogP contribution in [-0.4, -0.2) is 39.6 Å². The van der Waals surface area contributed by atoms with E-state index in [-0.39, 0.29) is 12.1 Å². The number of likely N-dealkylation sites (tertiary alicyclic amines) is 1. The van der Waals surface area contributed by atoms with E-state index in [0.717, 1.165) is 48.2 Å². The summed E-state index contributed by atoms with van der Waals surface area (Å²) < 4.78 is 6.60. The number of amides is 1. The summed E-state index contributed by atoms with van der Waals surface area (Å²) in [5.74, 6) is 0.833. The molecule has 1 saturated heterocycles. The summed E-state index contributed by atoms with van der Waals surface area (Å²) in [5.41, 5.74) is 4.98. The third kappa shape index (κ3) is 4.37. The maximum absolute atomic E-state index is 13.3. The highest BCUT2D eigenvalue weighted by molar-refractivity contribution is 5.78. The number of nitrogens with zero attached hydrogens (tertiary/aromatic N) is 4. The van der Waals surface area contributed by atoms with Gasteiger partial charge in [0.1, 0.15) is 11.4 Å². The van der Waals surface area contributed by atoms with E-state index in [1.54, 1.807) is 13.3 Å². The number of piperidine rings is 1. The number of rotatable bonds is 4. The number of hydrogen-bond acceptors (Lipinski definition) is 4. The van der Waals surface area contributed by atoms with Gasteiger partial charge in [0.2, 0.25) is 0 Å². The fourth-order valence-corrected chi connectivity index (χ4v) is 4.42. The van der Waals surface area contributed by atoms with Crippen molar-refractivity contribution in [2.24, 2.45) is 0 Å². The third-order valence-electron chi connectivity index (χ3n) is 6.23. The minimum Gasteiger partial charge on any atom is -0.497 e. The Kier molecular flexibility index (Phi) is 5.89. The van der Waals surface area contributed by atoms with Gasteiger partial charge >= 0.3 is 6.03 Å². The highest BCUT2D eigenvalue weighted by atomic mass is 16.5. The Hall–Kier alpha value is -3.93. The standard InChI is InChI=1S/C27H26N4O2/c1-33-24-16-14-21(15-17-24)20-10-12-22(13-11-20)25-19-31(29-28-25)27(32)30-18-6-5-9-26(30)23-7-3-2-4-8-23/h2-4,7-8,10-17,19,26H,5-6,9,18H2,1H3/t26-/m1/s1. The van der Waals surface area contributed by atoms with Crippen molar-refractivity contribution in [1.82, 2.24) is 19.9 Å². The molecular formula is C27H26N4O2. The monoisotopic (exact) mass is 438 g/mol. The number of ether oxygens (including phenoxy) is 1. The number of aromatic nitrogens is 3. The second-order valence-electron chi connectivity index (χ2n) is 8.25. The lowest BCUT2D eigenvalue weighted by atomic mass is 9.96. The van der Waals surface area contributed by atoms with Crippen molar-refractivity contribution in [3.05, 3.63) is 90.6 Å². The predicted octanol–water partition coefficient (Wildman–Crippen LogP) is 5.82. The summed E-state index contributed by atoms with van der Waals surface area (Å²) in [5, 5.41) is 8.43. The molecule has 2 heterocycles. The molecule has 0 N–H and O–H groups in total. The first kappa shape index (κ1) is 20.9. The van der Waals surface area contributed by atoms with E-state index < -0.39 is 0 Å². The third-order valence-corrected chi connectivity index (χ3v) is 6.23. The molecule has 6 nitrogen and oxygen atoms in total. The van der Waals surface area contributed by atoms with E-state index in [4.69, 9.17) is 4.74 Å². The minimum atomic E-state index is -0.128. The van der Waals surface area contributed by atoms with Crippen molar-refractivity contribution in [3.8, 4) is 28.1 Å². The number of benzene rings is 3. The topological polar surface area (TPSA) is 60.2 Å². The van der Waals surface area contributed by atoms with Crippen LogP contribution < -0.4 is 4.74 Å². The van der Waals surface area contributed by atoms with Crippen LogP contribution in [0.1, 0.15) is 30.9 Å². The van der Waals surface area contributed by atoms with Crippen LogP contribution in [0.2, 0.25) is 0 Å². The van der Waals surface area contributed by atoms with Crippen LogP contribution in [0.3, 0.4) is 0 Å². The summed E-state index contributed by atoms with van der Waals surface area (Å²) in [7, 11) is 1.66. The van der Waals surface area contributed by atoms with Gasteiger partial charge in [-0.2, -0.15) is 4.68 Å². The zero-order valence-electron chi connectivity index (χ0n) is 18.6. The number of methoxy groups -OCH3 is 1. The first-order chi connectivity index (χ1) is 16.2. The lowest BCUT2D eigenvalue weighted by molar-refractivity contribution is 0.149. The van der Waals surface area contributed by atoms with Crippen LogP contribution in [0.25, 0.3) is 22.4 Å². The van der Waals surface area contributed by atoms with Crippen molar-refractivity contribution >= 4 is 6.03 Å². The van der Waals surface area contributed by atoms with Crippen LogP contribution in [0.15, 0.2) is 85.1 Å². The Bertz CT molecular complexity index is 1220. The molecule has 3 aromatic carbocycles. The van der Waals surface area contributed by atoms with Gasteiger partial charge in [-0.15, -0.1) is 5.10 Å². The first-order valence-electron chi connectivity index (χ1n) is 11.3. The smallest absolute Gasteiger partial charge is 0.346 e. The molecule has 0 radical (unpaired) electrons. The van der Waals surface area contributed by atoms with E-state index in [1.165, 1.54) is 10.2 Å². The SMILES string of the molecule is COc1ccc(-c2ccc(-c3cn(C(=O)N4CCCC[C@@H]4c4ccccc4)nn3)cc2)cc1. The molecule has 0 aliphatic carbocycles. The van der Waals surface area contributed by atoms with Gasteiger partial charge in [0.25, 0.3) is 0 Å². The first-order valence-corrected chi connectivity index (χ1v) is 11.3. The fraction of sp³-hybridized carbons (Fsp3) is 0.222. The zero-order chi connectivity index (χ0) is 22.6. The molecule has 0 spiro atoms. The summed E-state index contributed by atoms with van der Waals surface area (Å²) >= 11 is 0. The Morgan fingerprint density at radius 2 is 1.55 bits per heavy atom. The maximum atomic E-state index is 13.3. The normalized spacial score (nSPS) is 15.9. The van der Waals surface area contributed by atoms with Crippen LogP contribution in [0, 0.1) is 0 Å². The van der Waals surface area contributed by atoms with Crippen LogP contribution >= 0.6 is 0 Å². The summed E-state index contributed by atoms with van der Waals surface area (Å²) in [6.07, 6.45) is 4.81. The van der Waals surface area contributed by atoms with Crippen LogP contribution in [0.5, 0.6) is 5.75 Å². The highest BCUT2D eigenvalue weighted by Crippen LogP contribution is 2.31. The van der Waals surface area contributed by atoms with Crippen molar-refractivity contribution in [2.45, 2.75) is 25.3 Å². The second-order valence-corrected chi connectivity index (χ2v) is 8.25. The van der Waals surface area contributed by atoms with Gasteiger partial charge in [-0.25, -0.2) is 4.79 Å². The van der Waals surface area contributed by atoms with Crippen LogP contribution in [-0.2, 0) is 0 Å². The highest BCUT2D eigenvalue weighted by Gasteiger charge is 2.29. The molecule has 0 unspecified atom stereocenters. The molecule has 166 valence electrons. The Balaban J connectivity index is 1.34. The van der Waals surface area contributed by atoms with Crippen molar-refractivity contribution < 1.29 is 9.53 Å². The van der Waals surface area contributed by atoms with E-state index in [9.17, 15) is 4.79 Å². The lowest BCUT2D eigenvalue weighted by Crippen LogP contribution is -2.41. The van der Waals surface area contributed by atoms with Gasteiger partial charge in [-0.1, -0.05) is 71.9 Å². The molecule has 0 bridgehead atoms. The van der Waals surface area contributed by atoms with Crippen molar-refractivity contribution in [1.29, 1.82) is 0 Å². The summed E-state index contributed by atoms with van der Waals surface area (Å²) in [4.78, 5) is 15.2. The largest absolute Gasteiger partial charge is 0.497 e. The van der Waals surface area contributed by atoms with E-state index >= 15 is 0 Å². The molecule has 0 saturated carbocycles. The Morgan fingerprint density at radius 1 is 0.879 bits per heavy atom. The summed E-state index contributed by atoms with van der Waals surface area (Å²) in [6, 6.07) is 26.2. The average Bonchev–Trinajstić information content (AvgIpc) is 3.39. The van der Waals surface area contributed by atoms with Crippen molar-refractivity contribution in [3.63, 3.8) is 0 Å². The van der Waals surface area contributed by atoms with E-state index in [1.807, 2.05) is 71.6 Å². The quantitative estimate of drug-likeness (QED) is 0.403. The van der Waals surface area contributed by atoms with Gasteiger partial charge in [0.05, 0.1) is 19.3 Å². The number of carbonyl (C=O) groups is 1. The van der Waals surface area contributed by atoms with E-state index in [2.05, 4.69) is 22.4 Å². The molecule has 4 aromatic rings. The Morgan fingerprint density at radius 3 is 2.24 bits per heavy atom. The van der Waals surface area contributed by atoms with Gasteiger partial charge in [0, 0.05) is 12.1 Å². The predicted molar refractivity (Wildman–Crippen MR) is 128 cm³/mol. The second kappa shape index (κ2) is 9.28. The molecule has 1 aromatic heterocycles. The Labute approximate surface area is 193 Å². The lowest BCUT2D eigenvalue weighted by Gasteiger charge is -2.35. The zero-order valence-corrected chi connectivity index (χ0v) is 18.6. The molecule has 1 aliphatic heterocycles. The molecule has 1 amide bonds. The molecule has 5 rings (SSSR count). The maximum Gasteiger partial charge on any atom is 0.346 e. The van der Waals surface area contributed by atoms with Gasteiger partial charge < -0.3 is 9.64 Å². The van der Waals surface area contributed by atoms with Gasteiger partial charge in [-0.05, 0) is 48.1 Å². The molecule has 1 atom stereocenters. The molecular weight excluding hydrogens is 412 g/mol. The van der Waals surface area contributed by atoms with E-state index in [0.29, 0.717) is 5.69 Å². The average molecular weight is 439 g/mol. The molecule has 33 heavy (non-hydrogen) atoms. The number of carbonyl (C=O) groups excluding carboxylic acids is 1. The minimum absolute atomic E-state index is 0.0730. The van der Waals surface area contributed by atoms with Crippen LogP contribution in [0.4, 0.5) is 4.79 Å². The molecule has 1 fully saturated rings. The molecule has 1 aliphatic rings.